The van der Waals surface area contributed by atoms with Gasteiger partial charge in [0.05, 0.1) is 18.3 Å². The Balaban J connectivity index is 1.95. The van der Waals surface area contributed by atoms with E-state index in [1.165, 1.54) is 0 Å². The standard InChI is InChI=1S/C14H24N4O2/c1-5-20-11-8-14(15,13(11,2)3)12(19)16-9-10-6-7-18(4)17-10/h6-7,11H,5,8-9,15H2,1-4H3,(H,16,19). The molecule has 1 saturated carbocycles. The van der Waals surface area contributed by atoms with Gasteiger partial charge in [-0.05, 0) is 13.0 Å². The third kappa shape index (κ3) is 2.33. The van der Waals surface area contributed by atoms with Gasteiger partial charge in [0.1, 0.15) is 5.54 Å². The van der Waals surface area contributed by atoms with Crippen molar-refractivity contribution < 1.29 is 9.53 Å². The molecule has 0 aliphatic heterocycles. The van der Waals surface area contributed by atoms with Gasteiger partial charge in [-0.25, -0.2) is 0 Å². The van der Waals surface area contributed by atoms with E-state index in [2.05, 4.69) is 10.4 Å². The van der Waals surface area contributed by atoms with E-state index < -0.39 is 5.54 Å². The summed E-state index contributed by atoms with van der Waals surface area (Å²) in [4.78, 5) is 12.4. The molecule has 1 aromatic heterocycles. The Labute approximate surface area is 119 Å². The van der Waals surface area contributed by atoms with E-state index in [9.17, 15) is 4.79 Å². The number of rotatable bonds is 5. The van der Waals surface area contributed by atoms with Crippen LogP contribution in [-0.2, 0) is 23.1 Å². The summed E-state index contributed by atoms with van der Waals surface area (Å²) in [6, 6.07) is 1.87. The van der Waals surface area contributed by atoms with Crippen LogP contribution in [0.5, 0.6) is 0 Å². The third-order valence-corrected chi connectivity index (χ3v) is 4.43. The van der Waals surface area contributed by atoms with E-state index in [0.717, 1.165) is 5.69 Å². The highest BCUT2D eigenvalue weighted by Gasteiger charge is 2.62. The summed E-state index contributed by atoms with van der Waals surface area (Å²) in [6.07, 6.45) is 2.44. The predicted octanol–water partition coefficient (Wildman–Crippen LogP) is 0.569. The molecule has 2 rings (SSSR count). The molecule has 0 aromatic carbocycles. The lowest BCUT2D eigenvalue weighted by atomic mass is 9.54. The number of nitrogens with two attached hydrogens (primary N) is 1. The summed E-state index contributed by atoms with van der Waals surface area (Å²) < 4.78 is 7.34. The van der Waals surface area contributed by atoms with Crippen LogP contribution in [0.2, 0.25) is 0 Å². The van der Waals surface area contributed by atoms with Gasteiger partial charge in [0.2, 0.25) is 5.91 Å². The van der Waals surface area contributed by atoms with Gasteiger partial charge >= 0.3 is 0 Å². The highest BCUT2D eigenvalue weighted by atomic mass is 16.5. The number of carbonyl (C=O) groups is 1. The SMILES string of the molecule is CCOC1CC(N)(C(=O)NCc2ccn(C)n2)C1(C)C. The fourth-order valence-corrected chi connectivity index (χ4v) is 2.71. The normalized spacial score (nSPS) is 27.9. The number of carbonyl (C=O) groups excluding carboxylic acids is 1. The molecule has 1 aliphatic rings. The molecule has 1 amide bonds. The smallest absolute Gasteiger partial charge is 0.241 e. The number of ether oxygens (including phenoxy) is 1. The number of hydrogen-bond acceptors (Lipinski definition) is 4. The molecule has 0 spiro atoms. The Kier molecular flexibility index (Phi) is 3.88. The lowest BCUT2D eigenvalue weighted by molar-refractivity contribution is -0.170. The molecular formula is C14H24N4O2. The average Bonchev–Trinajstić information content (AvgIpc) is 2.81. The zero-order valence-corrected chi connectivity index (χ0v) is 12.6. The minimum Gasteiger partial charge on any atom is -0.378 e. The van der Waals surface area contributed by atoms with Crippen molar-refractivity contribution in [3.8, 4) is 0 Å². The first-order chi connectivity index (χ1) is 9.31. The molecule has 1 aromatic rings. The molecule has 1 fully saturated rings. The van der Waals surface area contributed by atoms with Crippen LogP contribution in [0.25, 0.3) is 0 Å². The molecule has 0 radical (unpaired) electrons. The fourth-order valence-electron chi connectivity index (χ4n) is 2.71. The van der Waals surface area contributed by atoms with Crippen LogP contribution < -0.4 is 11.1 Å². The average molecular weight is 280 g/mol. The van der Waals surface area contributed by atoms with Gasteiger partial charge in [-0.2, -0.15) is 5.10 Å². The Morgan fingerprint density at radius 3 is 2.85 bits per heavy atom. The number of aromatic nitrogens is 2. The molecule has 20 heavy (non-hydrogen) atoms. The van der Waals surface area contributed by atoms with Crippen LogP contribution in [0.4, 0.5) is 0 Å². The van der Waals surface area contributed by atoms with Gasteiger partial charge in [0.25, 0.3) is 0 Å². The quantitative estimate of drug-likeness (QED) is 0.826. The summed E-state index contributed by atoms with van der Waals surface area (Å²) in [5.74, 6) is -0.135. The van der Waals surface area contributed by atoms with Crippen molar-refractivity contribution in [2.75, 3.05) is 6.61 Å². The summed E-state index contributed by atoms with van der Waals surface area (Å²) in [5.41, 5.74) is 5.88. The maximum absolute atomic E-state index is 12.4. The van der Waals surface area contributed by atoms with Crippen LogP contribution in [0.1, 0.15) is 32.9 Å². The van der Waals surface area contributed by atoms with Gasteiger partial charge in [0, 0.05) is 31.7 Å². The first kappa shape index (κ1) is 15.0. The number of nitrogens with one attached hydrogen (secondary N) is 1. The van der Waals surface area contributed by atoms with Gasteiger partial charge < -0.3 is 15.8 Å². The summed E-state index contributed by atoms with van der Waals surface area (Å²) in [7, 11) is 1.84. The molecule has 112 valence electrons. The van der Waals surface area contributed by atoms with Crippen molar-refractivity contribution in [3.63, 3.8) is 0 Å². The first-order valence-electron chi connectivity index (χ1n) is 6.98. The molecule has 0 saturated heterocycles. The monoisotopic (exact) mass is 280 g/mol. The van der Waals surface area contributed by atoms with Gasteiger partial charge in [0.15, 0.2) is 0 Å². The molecule has 1 heterocycles. The first-order valence-corrected chi connectivity index (χ1v) is 6.98. The van der Waals surface area contributed by atoms with Crippen LogP contribution >= 0.6 is 0 Å². The van der Waals surface area contributed by atoms with Crippen molar-refractivity contribution >= 4 is 5.91 Å². The second-order valence-corrected chi connectivity index (χ2v) is 6.00. The van der Waals surface area contributed by atoms with E-state index in [-0.39, 0.29) is 17.4 Å². The van der Waals surface area contributed by atoms with Crippen molar-refractivity contribution in [2.45, 2.75) is 45.4 Å². The van der Waals surface area contributed by atoms with E-state index in [4.69, 9.17) is 10.5 Å². The highest BCUT2D eigenvalue weighted by Crippen LogP contribution is 2.49. The minimum atomic E-state index is -0.873. The second kappa shape index (κ2) is 5.18. The topological polar surface area (TPSA) is 82.2 Å². The van der Waals surface area contributed by atoms with Crippen LogP contribution in [0.15, 0.2) is 12.3 Å². The maximum Gasteiger partial charge on any atom is 0.241 e. The molecule has 6 nitrogen and oxygen atoms in total. The Hall–Kier alpha value is -1.40. The number of amides is 1. The Morgan fingerprint density at radius 1 is 1.65 bits per heavy atom. The molecule has 2 atom stereocenters. The van der Waals surface area contributed by atoms with Gasteiger partial charge in [-0.1, -0.05) is 13.8 Å². The molecule has 0 bridgehead atoms. The van der Waals surface area contributed by atoms with Crippen molar-refractivity contribution in [1.29, 1.82) is 0 Å². The number of hydrogen-bond donors (Lipinski definition) is 2. The predicted molar refractivity (Wildman–Crippen MR) is 75.8 cm³/mol. The fraction of sp³-hybridized carbons (Fsp3) is 0.714. The Bertz CT molecular complexity index is 497. The number of aryl methyl sites for hydroxylation is 1. The maximum atomic E-state index is 12.4. The molecule has 2 unspecified atom stereocenters. The third-order valence-electron chi connectivity index (χ3n) is 4.43. The van der Waals surface area contributed by atoms with Crippen LogP contribution in [0, 0.1) is 5.41 Å². The highest BCUT2D eigenvalue weighted by molar-refractivity contribution is 5.88. The minimum absolute atomic E-state index is 0.0399. The van der Waals surface area contributed by atoms with E-state index in [0.29, 0.717) is 19.6 Å². The zero-order chi connectivity index (χ0) is 15.0. The zero-order valence-electron chi connectivity index (χ0n) is 12.6. The van der Waals surface area contributed by atoms with Crippen molar-refractivity contribution in [2.24, 2.45) is 18.2 Å². The second-order valence-electron chi connectivity index (χ2n) is 6.00. The summed E-state index contributed by atoms with van der Waals surface area (Å²) in [6.45, 7) is 6.95. The van der Waals surface area contributed by atoms with E-state index in [1.54, 1.807) is 4.68 Å². The molecule has 1 aliphatic carbocycles. The molecular weight excluding hydrogens is 256 g/mol. The van der Waals surface area contributed by atoms with Gasteiger partial charge in [-0.3, -0.25) is 9.48 Å². The van der Waals surface area contributed by atoms with E-state index in [1.807, 2.05) is 40.1 Å². The number of nitrogens with zero attached hydrogens (tertiary/aromatic N) is 2. The molecule has 3 N–H and O–H groups in total. The van der Waals surface area contributed by atoms with Crippen LogP contribution in [0.3, 0.4) is 0 Å². The Morgan fingerprint density at radius 2 is 2.35 bits per heavy atom. The van der Waals surface area contributed by atoms with Crippen LogP contribution in [-0.4, -0.2) is 33.9 Å². The molecule has 6 heteroatoms. The van der Waals surface area contributed by atoms with Crippen molar-refractivity contribution in [3.05, 3.63) is 18.0 Å². The summed E-state index contributed by atoms with van der Waals surface area (Å²) in [5, 5.41) is 7.10. The lowest BCUT2D eigenvalue weighted by Gasteiger charge is -2.57. The van der Waals surface area contributed by atoms with Crippen molar-refractivity contribution in [1.82, 2.24) is 15.1 Å². The largest absolute Gasteiger partial charge is 0.378 e. The lowest BCUT2D eigenvalue weighted by Crippen LogP contribution is -2.75. The summed E-state index contributed by atoms with van der Waals surface area (Å²) >= 11 is 0. The van der Waals surface area contributed by atoms with Gasteiger partial charge in [-0.15, -0.1) is 0 Å². The van der Waals surface area contributed by atoms with E-state index >= 15 is 0 Å².